The number of amides is 1. The molecule has 0 bridgehead atoms. The quantitative estimate of drug-likeness (QED) is 0.805. The van der Waals surface area contributed by atoms with Crippen LogP contribution >= 0.6 is 0 Å². The average molecular weight is 376 g/mol. The number of sulfonamides is 1. The molecule has 0 aliphatic rings. The fourth-order valence-corrected chi connectivity index (χ4v) is 3.94. The normalized spacial score (nSPS) is 11.1. The van der Waals surface area contributed by atoms with Gasteiger partial charge in [-0.3, -0.25) is 9.52 Å². The molecular formula is C19H24N2O4S. The molecule has 0 saturated heterocycles. The smallest absolute Gasteiger partial charge is 0.262 e. The maximum atomic E-state index is 12.7. The number of methoxy groups -OCH3 is 1. The van der Waals surface area contributed by atoms with Crippen molar-refractivity contribution in [2.45, 2.75) is 32.2 Å². The number of hydrogen-bond donors (Lipinski definition) is 1. The second kappa shape index (κ2) is 8.23. The maximum absolute atomic E-state index is 12.7. The number of ether oxygens (including phenoxy) is 1. The number of anilines is 1. The third-order valence-electron chi connectivity index (χ3n) is 4.05. The Morgan fingerprint density at radius 1 is 1.19 bits per heavy atom. The van der Waals surface area contributed by atoms with Gasteiger partial charge in [0.25, 0.3) is 10.0 Å². The average Bonchev–Trinajstić information content (AvgIpc) is 2.58. The van der Waals surface area contributed by atoms with Gasteiger partial charge in [0.15, 0.2) is 0 Å². The van der Waals surface area contributed by atoms with E-state index in [0.29, 0.717) is 30.1 Å². The van der Waals surface area contributed by atoms with Gasteiger partial charge in [-0.25, -0.2) is 8.42 Å². The predicted octanol–water partition coefficient (Wildman–Crippen LogP) is 3.17. The van der Waals surface area contributed by atoms with Gasteiger partial charge in [0.1, 0.15) is 5.75 Å². The van der Waals surface area contributed by atoms with Crippen molar-refractivity contribution in [3.05, 3.63) is 53.6 Å². The zero-order valence-electron chi connectivity index (χ0n) is 15.4. The van der Waals surface area contributed by atoms with Crippen LogP contribution in [0, 0.1) is 6.92 Å². The molecule has 0 aliphatic carbocycles. The van der Waals surface area contributed by atoms with E-state index >= 15 is 0 Å². The van der Waals surface area contributed by atoms with Crippen LogP contribution in [0.2, 0.25) is 0 Å². The lowest BCUT2D eigenvalue weighted by molar-refractivity contribution is -0.129. The summed E-state index contributed by atoms with van der Waals surface area (Å²) in [6.45, 7) is 6.17. The third-order valence-corrected chi connectivity index (χ3v) is 5.59. The molecule has 26 heavy (non-hydrogen) atoms. The van der Waals surface area contributed by atoms with E-state index in [1.807, 2.05) is 13.0 Å². The zero-order chi connectivity index (χ0) is 19.3. The van der Waals surface area contributed by atoms with Gasteiger partial charge in [0, 0.05) is 25.7 Å². The van der Waals surface area contributed by atoms with Crippen LogP contribution in [0.15, 0.2) is 47.4 Å². The Balaban J connectivity index is 2.25. The van der Waals surface area contributed by atoms with E-state index in [1.165, 1.54) is 20.1 Å². The number of carbonyl (C=O) groups is 1. The van der Waals surface area contributed by atoms with Crippen LogP contribution in [0.3, 0.4) is 0 Å². The number of nitrogens with zero attached hydrogens (tertiary/aromatic N) is 1. The minimum atomic E-state index is -3.72. The second-order valence-electron chi connectivity index (χ2n) is 5.97. The van der Waals surface area contributed by atoms with Gasteiger partial charge in [-0.1, -0.05) is 12.1 Å². The molecule has 0 atom stereocenters. The van der Waals surface area contributed by atoms with Crippen molar-refractivity contribution in [2.24, 2.45) is 0 Å². The molecule has 140 valence electrons. The lowest BCUT2D eigenvalue weighted by Gasteiger charge is -2.19. The van der Waals surface area contributed by atoms with Gasteiger partial charge in [0.2, 0.25) is 5.91 Å². The minimum Gasteiger partial charge on any atom is -0.497 e. The van der Waals surface area contributed by atoms with Crippen LogP contribution in [0.1, 0.15) is 25.0 Å². The molecule has 7 heteroatoms. The topological polar surface area (TPSA) is 75.7 Å². The van der Waals surface area contributed by atoms with Crippen molar-refractivity contribution in [1.29, 1.82) is 0 Å². The summed E-state index contributed by atoms with van der Waals surface area (Å²) in [5, 5.41) is 0. The summed E-state index contributed by atoms with van der Waals surface area (Å²) in [4.78, 5) is 13.5. The molecule has 1 amide bonds. The van der Waals surface area contributed by atoms with Crippen molar-refractivity contribution >= 4 is 21.6 Å². The monoisotopic (exact) mass is 376 g/mol. The van der Waals surface area contributed by atoms with Crippen LogP contribution in [-0.2, 0) is 21.4 Å². The zero-order valence-corrected chi connectivity index (χ0v) is 16.3. The predicted molar refractivity (Wildman–Crippen MR) is 102 cm³/mol. The standard InChI is InChI=1S/C19H24N2O4S/c1-5-21(15(3)22)13-16-7-6-8-17(12-16)20-26(23,24)19-10-9-18(25-4)11-14(19)2/h6-12,20H,5,13H2,1-4H3. The Morgan fingerprint density at radius 2 is 1.92 bits per heavy atom. The summed E-state index contributed by atoms with van der Waals surface area (Å²) >= 11 is 0. The highest BCUT2D eigenvalue weighted by Crippen LogP contribution is 2.24. The molecule has 0 heterocycles. The van der Waals surface area contributed by atoms with E-state index < -0.39 is 10.0 Å². The van der Waals surface area contributed by atoms with Gasteiger partial charge in [-0.15, -0.1) is 0 Å². The second-order valence-corrected chi connectivity index (χ2v) is 7.62. The van der Waals surface area contributed by atoms with E-state index in [4.69, 9.17) is 4.74 Å². The molecule has 0 aromatic heterocycles. The number of benzene rings is 2. The molecule has 0 spiro atoms. The molecule has 2 rings (SSSR count). The molecule has 0 unspecified atom stereocenters. The van der Waals surface area contributed by atoms with Gasteiger partial charge < -0.3 is 9.64 Å². The maximum Gasteiger partial charge on any atom is 0.262 e. The Hall–Kier alpha value is -2.54. The summed E-state index contributed by atoms with van der Waals surface area (Å²) in [7, 11) is -2.19. The molecule has 0 aliphatic heterocycles. The highest BCUT2D eigenvalue weighted by atomic mass is 32.2. The molecule has 1 N–H and O–H groups in total. The van der Waals surface area contributed by atoms with E-state index in [1.54, 1.807) is 42.2 Å². The first-order valence-corrected chi connectivity index (χ1v) is 9.77. The number of aryl methyl sites for hydroxylation is 1. The third kappa shape index (κ3) is 4.76. The molecule has 2 aromatic carbocycles. The SMILES string of the molecule is CCN(Cc1cccc(NS(=O)(=O)c2ccc(OC)cc2C)c1)C(C)=O. The van der Waals surface area contributed by atoms with E-state index in [0.717, 1.165) is 5.56 Å². The minimum absolute atomic E-state index is 0.0210. The van der Waals surface area contributed by atoms with Crippen LogP contribution < -0.4 is 9.46 Å². The Labute approximate surface area is 154 Å². The van der Waals surface area contributed by atoms with Crippen LogP contribution in [-0.4, -0.2) is 32.9 Å². The molecule has 2 aromatic rings. The first-order valence-electron chi connectivity index (χ1n) is 8.28. The number of hydrogen-bond acceptors (Lipinski definition) is 4. The fourth-order valence-electron chi connectivity index (χ4n) is 2.66. The molecule has 6 nitrogen and oxygen atoms in total. The molecule has 0 fully saturated rings. The van der Waals surface area contributed by atoms with E-state index in [9.17, 15) is 13.2 Å². The Morgan fingerprint density at radius 3 is 2.50 bits per heavy atom. The van der Waals surface area contributed by atoms with Gasteiger partial charge in [-0.05, 0) is 55.3 Å². The highest BCUT2D eigenvalue weighted by Gasteiger charge is 2.18. The van der Waals surface area contributed by atoms with Crippen molar-refractivity contribution in [3.63, 3.8) is 0 Å². The van der Waals surface area contributed by atoms with Crippen molar-refractivity contribution in [3.8, 4) is 5.75 Å². The summed E-state index contributed by atoms with van der Waals surface area (Å²) in [6.07, 6.45) is 0. The van der Waals surface area contributed by atoms with Crippen molar-refractivity contribution in [1.82, 2.24) is 4.90 Å². The van der Waals surface area contributed by atoms with Crippen LogP contribution in [0.25, 0.3) is 0 Å². The van der Waals surface area contributed by atoms with Crippen LogP contribution in [0.5, 0.6) is 5.75 Å². The van der Waals surface area contributed by atoms with Gasteiger partial charge >= 0.3 is 0 Å². The Kier molecular flexibility index (Phi) is 6.26. The number of carbonyl (C=O) groups excluding carboxylic acids is 1. The first-order chi connectivity index (χ1) is 12.3. The summed E-state index contributed by atoms with van der Waals surface area (Å²) in [5.41, 5.74) is 1.91. The number of nitrogens with one attached hydrogen (secondary N) is 1. The molecule has 0 saturated carbocycles. The number of rotatable bonds is 7. The largest absolute Gasteiger partial charge is 0.497 e. The Bertz CT molecular complexity index is 894. The molecular weight excluding hydrogens is 352 g/mol. The summed E-state index contributed by atoms with van der Waals surface area (Å²) in [5.74, 6) is 0.583. The lowest BCUT2D eigenvalue weighted by atomic mass is 10.2. The van der Waals surface area contributed by atoms with E-state index in [-0.39, 0.29) is 10.8 Å². The molecule has 0 radical (unpaired) electrons. The van der Waals surface area contributed by atoms with Crippen LogP contribution in [0.4, 0.5) is 5.69 Å². The lowest BCUT2D eigenvalue weighted by Crippen LogP contribution is -2.27. The van der Waals surface area contributed by atoms with Gasteiger partial charge in [-0.2, -0.15) is 0 Å². The fraction of sp³-hybridized carbons (Fsp3) is 0.316. The van der Waals surface area contributed by atoms with Gasteiger partial charge in [0.05, 0.1) is 12.0 Å². The summed E-state index contributed by atoms with van der Waals surface area (Å²) < 4.78 is 33.1. The highest BCUT2D eigenvalue weighted by molar-refractivity contribution is 7.92. The van der Waals surface area contributed by atoms with E-state index in [2.05, 4.69) is 4.72 Å². The summed E-state index contributed by atoms with van der Waals surface area (Å²) in [6, 6.07) is 11.9. The van der Waals surface area contributed by atoms with Crippen molar-refractivity contribution in [2.75, 3.05) is 18.4 Å². The first kappa shape index (κ1) is 19.8. The van der Waals surface area contributed by atoms with Crippen molar-refractivity contribution < 1.29 is 17.9 Å².